The van der Waals surface area contributed by atoms with Crippen molar-refractivity contribution < 1.29 is 19.1 Å². The van der Waals surface area contributed by atoms with Crippen LogP contribution in [0.15, 0.2) is 48.5 Å². The summed E-state index contributed by atoms with van der Waals surface area (Å²) in [5, 5.41) is 3.11. The highest BCUT2D eigenvalue weighted by molar-refractivity contribution is 6.33. The summed E-state index contributed by atoms with van der Waals surface area (Å²) in [7, 11) is 1.55. The highest BCUT2D eigenvalue weighted by atomic mass is 35.5. The fraction of sp³-hybridized carbons (Fsp3) is 0.286. The molecule has 0 bridgehead atoms. The first-order valence-electron chi connectivity index (χ1n) is 9.22. The Balaban J connectivity index is 1.57. The molecule has 7 nitrogen and oxygen atoms in total. The van der Waals surface area contributed by atoms with E-state index in [1.807, 2.05) is 12.1 Å². The van der Waals surface area contributed by atoms with E-state index in [9.17, 15) is 14.4 Å². The number of nitrogens with zero attached hydrogens (tertiary/aromatic N) is 2. The number of rotatable bonds is 6. The third-order valence-corrected chi connectivity index (χ3v) is 4.91. The minimum atomic E-state index is -0.612. The lowest BCUT2D eigenvalue weighted by atomic mass is 10.1. The smallest absolute Gasteiger partial charge is 0.267 e. The van der Waals surface area contributed by atoms with Gasteiger partial charge < -0.3 is 19.9 Å². The molecule has 152 valence electrons. The second kappa shape index (κ2) is 8.96. The predicted molar refractivity (Wildman–Crippen MR) is 111 cm³/mol. The first-order valence-corrected chi connectivity index (χ1v) is 9.60. The molecule has 0 aliphatic carbocycles. The highest BCUT2D eigenvalue weighted by Crippen LogP contribution is 2.33. The number of likely N-dealkylation sites (N-methyl/N-ethyl adjacent to an activating group) is 1. The maximum atomic E-state index is 12.5. The summed E-state index contributed by atoms with van der Waals surface area (Å²) in [5.74, 6) is -0.186. The molecule has 1 aliphatic rings. The van der Waals surface area contributed by atoms with E-state index < -0.39 is 6.10 Å². The van der Waals surface area contributed by atoms with Crippen molar-refractivity contribution in [2.24, 2.45) is 0 Å². The Labute approximate surface area is 174 Å². The standard InChI is InChI=1S/C21H22ClN3O4/c1-14-21(28)25(17-9-5-6-10-18(17)29-14)12-11-20(27)24(2)13-19(26)23-16-8-4-3-7-15(16)22/h3-10,14H,11-13H2,1-2H3,(H,23,26)/t14-/m0/s1. The fourth-order valence-electron chi connectivity index (χ4n) is 3.04. The number of halogens is 1. The van der Waals surface area contributed by atoms with E-state index in [0.29, 0.717) is 22.1 Å². The van der Waals surface area contributed by atoms with E-state index >= 15 is 0 Å². The number of ether oxygens (including phenoxy) is 1. The van der Waals surface area contributed by atoms with Gasteiger partial charge in [-0.3, -0.25) is 14.4 Å². The summed E-state index contributed by atoms with van der Waals surface area (Å²) < 4.78 is 5.60. The monoisotopic (exact) mass is 415 g/mol. The van der Waals surface area contributed by atoms with Gasteiger partial charge in [0.2, 0.25) is 11.8 Å². The summed E-state index contributed by atoms with van der Waals surface area (Å²) >= 11 is 6.03. The molecule has 0 aromatic heterocycles. The molecule has 0 radical (unpaired) electrons. The van der Waals surface area contributed by atoms with Crippen LogP contribution in [0.2, 0.25) is 5.02 Å². The molecule has 29 heavy (non-hydrogen) atoms. The van der Waals surface area contributed by atoms with Crippen molar-refractivity contribution in [1.29, 1.82) is 0 Å². The SMILES string of the molecule is C[C@@H]1Oc2ccccc2N(CCC(=O)N(C)CC(=O)Nc2ccccc2Cl)C1=O. The molecule has 0 saturated carbocycles. The van der Waals surface area contributed by atoms with Gasteiger partial charge in [0.15, 0.2) is 6.10 Å². The van der Waals surface area contributed by atoms with Crippen LogP contribution in [0.25, 0.3) is 0 Å². The molecule has 3 amide bonds. The number of anilines is 2. The number of benzene rings is 2. The number of carbonyl (C=O) groups is 3. The van der Waals surface area contributed by atoms with Gasteiger partial charge >= 0.3 is 0 Å². The Kier molecular flexibility index (Phi) is 6.39. The van der Waals surface area contributed by atoms with Crippen LogP contribution in [0.1, 0.15) is 13.3 Å². The first-order chi connectivity index (χ1) is 13.9. The third-order valence-electron chi connectivity index (χ3n) is 4.58. The average molecular weight is 416 g/mol. The number of nitrogens with one attached hydrogen (secondary N) is 1. The maximum Gasteiger partial charge on any atom is 0.267 e. The molecule has 2 aromatic rings. The molecule has 1 N–H and O–H groups in total. The summed E-state index contributed by atoms with van der Waals surface area (Å²) in [6.45, 7) is 1.77. The predicted octanol–water partition coefficient (Wildman–Crippen LogP) is 2.94. The van der Waals surface area contributed by atoms with Gasteiger partial charge in [0.25, 0.3) is 5.91 Å². The highest BCUT2D eigenvalue weighted by Gasteiger charge is 2.31. The topological polar surface area (TPSA) is 79.0 Å². The van der Waals surface area contributed by atoms with Gasteiger partial charge in [-0.15, -0.1) is 0 Å². The molecular weight excluding hydrogens is 394 g/mol. The molecule has 1 heterocycles. The Bertz CT molecular complexity index is 934. The lowest BCUT2D eigenvalue weighted by Crippen LogP contribution is -2.46. The van der Waals surface area contributed by atoms with Gasteiger partial charge in [-0.25, -0.2) is 0 Å². The van der Waals surface area contributed by atoms with Crippen molar-refractivity contribution in [3.05, 3.63) is 53.6 Å². The van der Waals surface area contributed by atoms with Crippen molar-refractivity contribution in [2.45, 2.75) is 19.4 Å². The number of amides is 3. The normalized spacial score (nSPS) is 15.3. The van der Waals surface area contributed by atoms with E-state index in [-0.39, 0.29) is 37.2 Å². The van der Waals surface area contributed by atoms with E-state index in [2.05, 4.69) is 5.32 Å². The van der Waals surface area contributed by atoms with E-state index in [0.717, 1.165) is 0 Å². The van der Waals surface area contributed by atoms with Crippen molar-refractivity contribution in [3.8, 4) is 5.75 Å². The van der Waals surface area contributed by atoms with Crippen LogP contribution in [0, 0.1) is 0 Å². The molecule has 1 atom stereocenters. The molecule has 1 aliphatic heterocycles. The summed E-state index contributed by atoms with van der Waals surface area (Å²) in [6.07, 6.45) is -0.526. The Morgan fingerprint density at radius 1 is 1.17 bits per heavy atom. The Morgan fingerprint density at radius 2 is 1.86 bits per heavy atom. The average Bonchev–Trinajstić information content (AvgIpc) is 2.69. The fourth-order valence-corrected chi connectivity index (χ4v) is 3.23. The molecule has 0 saturated heterocycles. The number of hydrogen-bond acceptors (Lipinski definition) is 4. The van der Waals surface area contributed by atoms with Crippen molar-refractivity contribution >= 4 is 40.7 Å². The zero-order chi connectivity index (χ0) is 21.0. The lowest BCUT2D eigenvalue weighted by molar-refractivity contribution is -0.133. The molecule has 2 aromatic carbocycles. The quantitative estimate of drug-likeness (QED) is 0.786. The van der Waals surface area contributed by atoms with Gasteiger partial charge in [-0.05, 0) is 31.2 Å². The summed E-state index contributed by atoms with van der Waals surface area (Å²) in [5.41, 5.74) is 1.13. The molecule has 0 fully saturated rings. The van der Waals surface area contributed by atoms with Crippen LogP contribution in [0.5, 0.6) is 5.75 Å². The third kappa shape index (κ3) is 4.86. The Morgan fingerprint density at radius 3 is 2.62 bits per heavy atom. The van der Waals surface area contributed by atoms with Crippen LogP contribution in [0.4, 0.5) is 11.4 Å². The van der Waals surface area contributed by atoms with Gasteiger partial charge in [-0.2, -0.15) is 0 Å². The minimum absolute atomic E-state index is 0.0860. The van der Waals surface area contributed by atoms with Crippen LogP contribution >= 0.6 is 11.6 Å². The molecule has 3 rings (SSSR count). The molecule has 8 heteroatoms. The molecule has 0 unspecified atom stereocenters. The molecule has 0 spiro atoms. The zero-order valence-corrected chi connectivity index (χ0v) is 17.0. The van der Waals surface area contributed by atoms with Crippen molar-refractivity contribution in [2.75, 3.05) is 30.4 Å². The summed E-state index contributed by atoms with van der Waals surface area (Å²) in [4.78, 5) is 40.1. The second-order valence-corrected chi connectivity index (χ2v) is 7.15. The number of para-hydroxylation sites is 3. The van der Waals surface area contributed by atoms with Crippen molar-refractivity contribution in [1.82, 2.24) is 4.90 Å². The van der Waals surface area contributed by atoms with E-state index in [4.69, 9.17) is 16.3 Å². The second-order valence-electron chi connectivity index (χ2n) is 6.75. The van der Waals surface area contributed by atoms with E-state index in [1.54, 1.807) is 55.3 Å². The van der Waals surface area contributed by atoms with Gasteiger partial charge in [-0.1, -0.05) is 35.9 Å². The van der Waals surface area contributed by atoms with Crippen LogP contribution in [-0.2, 0) is 14.4 Å². The minimum Gasteiger partial charge on any atom is -0.479 e. The van der Waals surface area contributed by atoms with Crippen molar-refractivity contribution in [3.63, 3.8) is 0 Å². The van der Waals surface area contributed by atoms with Crippen LogP contribution in [0.3, 0.4) is 0 Å². The Hall–Kier alpha value is -3.06. The maximum absolute atomic E-state index is 12.5. The van der Waals surface area contributed by atoms with E-state index in [1.165, 1.54) is 4.90 Å². The lowest BCUT2D eigenvalue weighted by Gasteiger charge is -2.33. The number of hydrogen-bond donors (Lipinski definition) is 1. The van der Waals surface area contributed by atoms with Gasteiger partial charge in [0, 0.05) is 20.0 Å². The van der Waals surface area contributed by atoms with Crippen LogP contribution < -0.4 is 15.0 Å². The zero-order valence-electron chi connectivity index (χ0n) is 16.2. The van der Waals surface area contributed by atoms with Gasteiger partial charge in [0.1, 0.15) is 5.75 Å². The summed E-state index contributed by atoms with van der Waals surface area (Å²) in [6, 6.07) is 14.1. The number of fused-ring (bicyclic) bond motifs is 1. The van der Waals surface area contributed by atoms with Gasteiger partial charge in [0.05, 0.1) is 22.9 Å². The first kappa shape index (κ1) is 20.7. The molecular formula is C21H22ClN3O4. The van der Waals surface area contributed by atoms with Crippen LogP contribution in [-0.4, -0.2) is 48.9 Å². The largest absolute Gasteiger partial charge is 0.479 e. The number of carbonyl (C=O) groups excluding carboxylic acids is 3.